The Hall–Kier alpha value is -1.89. The molecule has 2 amide bonds. The number of carbonyl (C=O) groups is 2. The van der Waals surface area contributed by atoms with Crippen molar-refractivity contribution in [1.82, 2.24) is 10.2 Å². The molecule has 1 aliphatic heterocycles. The first kappa shape index (κ1) is 19.4. The lowest BCUT2D eigenvalue weighted by Gasteiger charge is -2.32. The maximum absolute atomic E-state index is 12.8. The molecule has 1 aromatic rings. The second kappa shape index (κ2) is 7.56. The van der Waals surface area contributed by atoms with E-state index < -0.39 is 26.7 Å². The fourth-order valence-electron chi connectivity index (χ4n) is 3.47. The molecule has 1 heterocycles. The quantitative estimate of drug-likeness (QED) is 0.872. The van der Waals surface area contributed by atoms with Gasteiger partial charge in [-0.15, -0.1) is 0 Å². The fraction of sp³-hybridized carbons (Fsp3) is 0.556. The summed E-state index contributed by atoms with van der Waals surface area (Å²) in [4.78, 5) is 25.9. The lowest BCUT2D eigenvalue weighted by molar-refractivity contribution is -0.118. The number of rotatable bonds is 4. The molecule has 1 aliphatic rings. The van der Waals surface area contributed by atoms with Crippen molar-refractivity contribution in [2.45, 2.75) is 38.9 Å². The first-order chi connectivity index (χ1) is 11.7. The van der Waals surface area contributed by atoms with Crippen molar-refractivity contribution in [3.63, 3.8) is 0 Å². The van der Waals surface area contributed by atoms with E-state index in [0.717, 1.165) is 16.7 Å². The lowest BCUT2D eigenvalue weighted by atomic mass is 9.98. The van der Waals surface area contributed by atoms with Gasteiger partial charge in [0.05, 0.1) is 5.25 Å². The second-order valence-corrected chi connectivity index (χ2v) is 9.03. The molecule has 0 saturated carbocycles. The molecule has 25 heavy (non-hydrogen) atoms. The van der Waals surface area contributed by atoms with Crippen LogP contribution < -0.4 is 5.32 Å². The van der Waals surface area contributed by atoms with Crippen LogP contribution in [0.5, 0.6) is 0 Å². The van der Waals surface area contributed by atoms with Gasteiger partial charge in [0, 0.05) is 25.7 Å². The van der Waals surface area contributed by atoms with Crippen LogP contribution in [0.4, 0.5) is 0 Å². The summed E-state index contributed by atoms with van der Waals surface area (Å²) in [5.41, 5.74) is 3.71. The molecule has 0 radical (unpaired) electrons. The number of nitrogens with zero attached hydrogens (tertiary/aromatic N) is 1. The molecule has 0 aromatic heterocycles. The fourth-order valence-corrected chi connectivity index (χ4v) is 5.14. The number of amides is 2. The van der Waals surface area contributed by atoms with Gasteiger partial charge in [-0.25, -0.2) is 8.42 Å². The average Bonchev–Trinajstić information content (AvgIpc) is 2.53. The van der Waals surface area contributed by atoms with Crippen LogP contribution in [-0.2, 0) is 14.6 Å². The van der Waals surface area contributed by atoms with E-state index in [9.17, 15) is 18.0 Å². The van der Waals surface area contributed by atoms with Crippen LogP contribution in [0.3, 0.4) is 0 Å². The van der Waals surface area contributed by atoms with Crippen molar-refractivity contribution in [1.29, 1.82) is 0 Å². The smallest absolute Gasteiger partial charge is 0.254 e. The molecule has 6 nitrogen and oxygen atoms in total. The zero-order chi connectivity index (χ0) is 18.8. The number of hydrogen-bond acceptors (Lipinski definition) is 4. The summed E-state index contributed by atoms with van der Waals surface area (Å²) < 4.78 is 24.6. The first-order valence-electron chi connectivity index (χ1n) is 8.45. The normalized spacial score (nSPS) is 15.9. The van der Waals surface area contributed by atoms with Crippen LogP contribution in [0.15, 0.2) is 12.1 Å². The van der Waals surface area contributed by atoms with Crippen molar-refractivity contribution in [3.05, 3.63) is 34.4 Å². The zero-order valence-electron chi connectivity index (χ0n) is 15.3. The number of sulfone groups is 1. The molecule has 0 spiro atoms. The minimum Gasteiger partial charge on any atom is -0.358 e. The van der Waals surface area contributed by atoms with Crippen LogP contribution in [0.1, 0.15) is 39.9 Å². The molecule has 2 rings (SSSR count). The number of likely N-dealkylation sites (tertiary alicyclic amines) is 1. The maximum atomic E-state index is 12.8. The van der Waals surface area contributed by atoms with Gasteiger partial charge in [-0.1, -0.05) is 17.7 Å². The predicted octanol–water partition coefficient (Wildman–Crippen LogP) is 1.38. The molecule has 0 aliphatic carbocycles. The Morgan fingerprint density at radius 2 is 1.64 bits per heavy atom. The minimum absolute atomic E-state index is 0.0443. The average molecular weight is 366 g/mol. The first-order valence-corrected chi connectivity index (χ1v) is 10.2. The van der Waals surface area contributed by atoms with Crippen molar-refractivity contribution >= 4 is 21.7 Å². The van der Waals surface area contributed by atoms with Crippen LogP contribution in [0, 0.1) is 20.8 Å². The van der Waals surface area contributed by atoms with E-state index in [-0.39, 0.29) is 5.91 Å². The highest BCUT2D eigenvalue weighted by Gasteiger charge is 2.33. The molecule has 1 N–H and O–H groups in total. The van der Waals surface area contributed by atoms with Gasteiger partial charge >= 0.3 is 0 Å². The van der Waals surface area contributed by atoms with E-state index in [2.05, 4.69) is 5.32 Å². The molecule has 7 heteroatoms. The predicted molar refractivity (Wildman–Crippen MR) is 97.4 cm³/mol. The summed E-state index contributed by atoms with van der Waals surface area (Å²) in [5, 5.41) is 1.78. The molecular weight excluding hydrogens is 340 g/mol. The molecule has 138 valence electrons. The Labute approximate surface area is 149 Å². The third-order valence-corrected chi connectivity index (χ3v) is 6.89. The van der Waals surface area contributed by atoms with E-state index in [4.69, 9.17) is 0 Å². The number of hydrogen-bond donors (Lipinski definition) is 1. The minimum atomic E-state index is -3.48. The summed E-state index contributed by atoms with van der Waals surface area (Å²) in [6.45, 7) is 6.63. The summed E-state index contributed by atoms with van der Waals surface area (Å²) in [5.74, 6) is -1.03. The third kappa shape index (κ3) is 4.39. The Balaban J connectivity index is 2.08. The highest BCUT2D eigenvalue weighted by Crippen LogP contribution is 2.23. The maximum Gasteiger partial charge on any atom is 0.254 e. The molecule has 0 atom stereocenters. The number of nitrogens with one attached hydrogen (secondary N) is 1. The van der Waals surface area contributed by atoms with Crippen molar-refractivity contribution < 1.29 is 18.0 Å². The van der Waals surface area contributed by atoms with E-state index >= 15 is 0 Å². The summed E-state index contributed by atoms with van der Waals surface area (Å²) in [6.07, 6.45) is 0.740. The van der Waals surface area contributed by atoms with Gasteiger partial charge in [-0.05, 0) is 44.7 Å². The van der Waals surface area contributed by atoms with Gasteiger partial charge in [0.2, 0.25) is 5.91 Å². The van der Waals surface area contributed by atoms with E-state index in [1.165, 1.54) is 7.05 Å². The van der Waals surface area contributed by atoms with Crippen LogP contribution in [-0.4, -0.2) is 56.3 Å². The standard InChI is InChI=1S/C18H26N2O4S/c1-12-9-13(2)17(14(3)10-12)18(22)20-7-5-15(6-8-20)25(23,24)11-16(21)19-4/h9-10,15H,5-8,11H2,1-4H3,(H,19,21). The second-order valence-electron chi connectivity index (χ2n) is 6.75. The Morgan fingerprint density at radius 3 is 2.12 bits per heavy atom. The Morgan fingerprint density at radius 1 is 1.12 bits per heavy atom. The largest absolute Gasteiger partial charge is 0.358 e. The third-order valence-electron chi connectivity index (χ3n) is 4.74. The van der Waals surface area contributed by atoms with Gasteiger partial charge in [-0.2, -0.15) is 0 Å². The van der Waals surface area contributed by atoms with E-state index in [1.807, 2.05) is 32.9 Å². The highest BCUT2D eigenvalue weighted by molar-refractivity contribution is 7.92. The summed E-state index contributed by atoms with van der Waals surface area (Å²) in [6, 6.07) is 3.97. The van der Waals surface area contributed by atoms with Crippen LogP contribution >= 0.6 is 0 Å². The molecule has 0 bridgehead atoms. The van der Waals surface area contributed by atoms with Crippen molar-refractivity contribution in [3.8, 4) is 0 Å². The van der Waals surface area contributed by atoms with Crippen molar-refractivity contribution in [2.75, 3.05) is 25.9 Å². The molecule has 1 saturated heterocycles. The molecule has 1 aromatic carbocycles. The van der Waals surface area contributed by atoms with Gasteiger partial charge in [0.15, 0.2) is 9.84 Å². The number of benzene rings is 1. The van der Waals surface area contributed by atoms with Gasteiger partial charge in [0.1, 0.15) is 5.75 Å². The van der Waals surface area contributed by atoms with Gasteiger partial charge in [0.25, 0.3) is 5.91 Å². The lowest BCUT2D eigenvalue weighted by Crippen LogP contribution is -2.44. The molecular formula is C18H26N2O4S. The number of piperidine rings is 1. The number of carbonyl (C=O) groups excluding carboxylic acids is 2. The topological polar surface area (TPSA) is 83.6 Å². The van der Waals surface area contributed by atoms with Gasteiger partial charge < -0.3 is 10.2 Å². The van der Waals surface area contributed by atoms with Gasteiger partial charge in [-0.3, -0.25) is 9.59 Å². The molecule has 0 unspecified atom stereocenters. The van der Waals surface area contributed by atoms with E-state index in [1.54, 1.807) is 4.90 Å². The summed E-state index contributed by atoms with van der Waals surface area (Å²) >= 11 is 0. The monoisotopic (exact) mass is 366 g/mol. The van der Waals surface area contributed by atoms with Crippen molar-refractivity contribution in [2.24, 2.45) is 0 Å². The van der Waals surface area contributed by atoms with Crippen LogP contribution in [0.2, 0.25) is 0 Å². The van der Waals surface area contributed by atoms with E-state index in [0.29, 0.717) is 31.5 Å². The molecule has 1 fully saturated rings. The SMILES string of the molecule is CNC(=O)CS(=O)(=O)C1CCN(C(=O)c2c(C)cc(C)cc2C)CC1. The highest BCUT2D eigenvalue weighted by atomic mass is 32.2. The number of aryl methyl sites for hydroxylation is 3. The summed E-state index contributed by atoms with van der Waals surface area (Å²) in [7, 11) is -2.06. The zero-order valence-corrected chi connectivity index (χ0v) is 16.1. The Bertz CT molecular complexity index is 755. The Kier molecular flexibility index (Phi) is 5.87. The van der Waals surface area contributed by atoms with Crippen LogP contribution in [0.25, 0.3) is 0 Å².